The van der Waals surface area contributed by atoms with Crippen molar-refractivity contribution >= 4 is 11.6 Å². The summed E-state index contributed by atoms with van der Waals surface area (Å²) in [5.41, 5.74) is 7.15. The van der Waals surface area contributed by atoms with Crippen LogP contribution >= 0.6 is 0 Å². The van der Waals surface area contributed by atoms with E-state index in [9.17, 15) is 13.6 Å². The lowest BCUT2D eigenvalue weighted by atomic mass is 10.1. The molecule has 0 saturated heterocycles. The van der Waals surface area contributed by atoms with Crippen LogP contribution in [0.2, 0.25) is 0 Å². The SMILES string of the molecule is Cc1cc(C(=O)Nc2cccc(C(C)N)c2)c(F)cc1F. The van der Waals surface area contributed by atoms with Crippen molar-refractivity contribution in [2.24, 2.45) is 5.73 Å². The van der Waals surface area contributed by atoms with E-state index in [2.05, 4.69) is 5.32 Å². The Morgan fingerprint density at radius 3 is 2.57 bits per heavy atom. The van der Waals surface area contributed by atoms with E-state index < -0.39 is 17.5 Å². The minimum absolute atomic E-state index is 0.174. The van der Waals surface area contributed by atoms with Crippen molar-refractivity contribution in [3.8, 4) is 0 Å². The molecule has 0 heterocycles. The minimum atomic E-state index is -0.890. The fourth-order valence-electron chi connectivity index (χ4n) is 1.93. The fourth-order valence-corrected chi connectivity index (χ4v) is 1.93. The molecule has 0 aliphatic heterocycles. The number of nitrogens with two attached hydrogens (primary N) is 1. The molecule has 0 saturated carbocycles. The Kier molecular flexibility index (Phi) is 4.33. The van der Waals surface area contributed by atoms with E-state index in [0.29, 0.717) is 11.8 Å². The summed E-state index contributed by atoms with van der Waals surface area (Å²) in [7, 11) is 0. The molecule has 3 N–H and O–H groups in total. The lowest BCUT2D eigenvalue weighted by molar-refractivity contribution is 0.102. The van der Waals surface area contributed by atoms with Crippen LogP contribution in [0.4, 0.5) is 14.5 Å². The number of rotatable bonds is 3. The molecule has 2 aromatic carbocycles. The predicted molar refractivity (Wildman–Crippen MR) is 78.1 cm³/mol. The summed E-state index contributed by atoms with van der Waals surface area (Å²) in [5, 5.41) is 2.58. The van der Waals surface area contributed by atoms with E-state index in [0.717, 1.165) is 5.56 Å². The largest absolute Gasteiger partial charge is 0.324 e. The second-order valence-corrected chi connectivity index (χ2v) is 4.95. The molecular formula is C16H16F2N2O. The third kappa shape index (κ3) is 3.44. The number of carbonyl (C=O) groups excluding carboxylic acids is 1. The van der Waals surface area contributed by atoms with Gasteiger partial charge in [-0.1, -0.05) is 12.1 Å². The smallest absolute Gasteiger partial charge is 0.258 e. The van der Waals surface area contributed by atoms with Crippen LogP contribution in [-0.4, -0.2) is 5.91 Å². The average molecular weight is 290 g/mol. The zero-order valence-electron chi connectivity index (χ0n) is 11.8. The lowest BCUT2D eigenvalue weighted by Crippen LogP contribution is -2.15. The van der Waals surface area contributed by atoms with E-state index in [-0.39, 0.29) is 17.2 Å². The quantitative estimate of drug-likeness (QED) is 0.908. The molecule has 0 aliphatic carbocycles. The van der Waals surface area contributed by atoms with Gasteiger partial charge in [-0.25, -0.2) is 8.78 Å². The topological polar surface area (TPSA) is 55.1 Å². The number of amides is 1. The number of anilines is 1. The van der Waals surface area contributed by atoms with Crippen LogP contribution in [0.3, 0.4) is 0 Å². The molecule has 110 valence electrons. The van der Waals surface area contributed by atoms with Gasteiger partial charge in [0.2, 0.25) is 0 Å². The summed E-state index contributed by atoms with van der Waals surface area (Å²) in [6.45, 7) is 3.30. The summed E-state index contributed by atoms with van der Waals surface area (Å²) in [5.74, 6) is -2.20. The third-order valence-corrected chi connectivity index (χ3v) is 3.16. The second kappa shape index (κ2) is 6.01. The molecular weight excluding hydrogens is 274 g/mol. The number of hydrogen-bond acceptors (Lipinski definition) is 2. The number of benzene rings is 2. The first-order valence-corrected chi connectivity index (χ1v) is 6.51. The zero-order chi connectivity index (χ0) is 15.6. The fraction of sp³-hybridized carbons (Fsp3) is 0.188. The molecule has 2 aromatic rings. The number of aryl methyl sites for hydroxylation is 1. The van der Waals surface area contributed by atoms with Crippen molar-refractivity contribution in [2.45, 2.75) is 19.9 Å². The standard InChI is InChI=1S/C16H16F2N2O/c1-9-6-13(15(18)8-14(9)17)16(21)20-12-5-3-4-11(7-12)10(2)19/h3-8,10H,19H2,1-2H3,(H,20,21). The summed E-state index contributed by atoms with van der Waals surface area (Å²) in [6, 6.07) is 8.71. The van der Waals surface area contributed by atoms with E-state index in [4.69, 9.17) is 5.73 Å². The van der Waals surface area contributed by atoms with Gasteiger partial charge in [0.15, 0.2) is 0 Å². The maximum atomic E-state index is 13.7. The van der Waals surface area contributed by atoms with Gasteiger partial charge in [0.05, 0.1) is 5.56 Å². The molecule has 0 aliphatic rings. The van der Waals surface area contributed by atoms with Gasteiger partial charge in [-0.05, 0) is 43.2 Å². The van der Waals surface area contributed by atoms with Crippen LogP contribution in [0, 0.1) is 18.6 Å². The van der Waals surface area contributed by atoms with Crippen molar-refractivity contribution in [2.75, 3.05) is 5.32 Å². The van der Waals surface area contributed by atoms with Gasteiger partial charge >= 0.3 is 0 Å². The van der Waals surface area contributed by atoms with Gasteiger partial charge in [-0.2, -0.15) is 0 Å². The van der Waals surface area contributed by atoms with Gasteiger partial charge in [0.25, 0.3) is 5.91 Å². The first-order valence-electron chi connectivity index (χ1n) is 6.51. The van der Waals surface area contributed by atoms with E-state index in [1.54, 1.807) is 18.2 Å². The monoisotopic (exact) mass is 290 g/mol. The molecule has 2 rings (SSSR count). The van der Waals surface area contributed by atoms with Crippen molar-refractivity contribution in [3.05, 3.63) is 64.7 Å². The molecule has 0 aromatic heterocycles. The van der Waals surface area contributed by atoms with Crippen molar-refractivity contribution in [3.63, 3.8) is 0 Å². The molecule has 21 heavy (non-hydrogen) atoms. The van der Waals surface area contributed by atoms with Crippen LogP contribution < -0.4 is 11.1 Å². The normalized spacial score (nSPS) is 12.0. The van der Waals surface area contributed by atoms with Crippen LogP contribution in [0.25, 0.3) is 0 Å². The van der Waals surface area contributed by atoms with Gasteiger partial charge < -0.3 is 11.1 Å². The number of nitrogens with one attached hydrogen (secondary N) is 1. The van der Waals surface area contributed by atoms with Crippen molar-refractivity contribution in [1.29, 1.82) is 0 Å². The molecule has 0 radical (unpaired) electrons. The zero-order valence-corrected chi connectivity index (χ0v) is 11.8. The Morgan fingerprint density at radius 1 is 1.19 bits per heavy atom. The van der Waals surface area contributed by atoms with Gasteiger partial charge in [0, 0.05) is 17.8 Å². The van der Waals surface area contributed by atoms with E-state index in [1.165, 1.54) is 13.0 Å². The third-order valence-electron chi connectivity index (χ3n) is 3.16. The van der Waals surface area contributed by atoms with Crippen LogP contribution in [0.5, 0.6) is 0 Å². The highest BCUT2D eigenvalue weighted by Gasteiger charge is 2.15. The highest BCUT2D eigenvalue weighted by Crippen LogP contribution is 2.19. The Balaban J connectivity index is 2.26. The maximum Gasteiger partial charge on any atom is 0.258 e. The molecule has 1 unspecified atom stereocenters. The van der Waals surface area contributed by atoms with Crippen molar-refractivity contribution < 1.29 is 13.6 Å². The van der Waals surface area contributed by atoms with Crippen molar-refractivity contribution in [1.82, 2.24) is 0 Å². The average Bonchev–Trinajstić information content (AvgIpc) is 2.43. The number of halogens is 2. The summed E-state index contributed by atoms with van der Waals surface area (Å²) in [6.07, 6.45) is 0. The maximum absolute atomic E-state index is 13.7. The Hall–Kier alpha value is -2.27. The number of carbonyl (C=O) groups is 1. The van der Waals surface area contributed by atoms with Gasteiger partial charge in [-0.15, -0.1) is 0 Å². The van der Waals surface area contributed by atoms with Gasteiger partial charge in [0.1, 0.15) is 11.6 Å². The van der Waals surface area contributed by atoms with Crippen LogP contribution in [-0.2, 0) is 0 Å². The van der Waals surface area contributed by atoms with Crippen LogP contribution in [0.1, 0.15) is 34.5 Å². The molecule has 0 fully saturated rings. The Morgan fingerprint density at radius 2 is 1.90 bits per heavy atom. The van der Waals surface area contributed by atoms with Crippen LogP contribution in [0.15, 0.2) is 36.4 Å². The summed E-state index contributed by atoms with van der Waals surface area (Å²) < 4.78 is 26.9. The highest BCUT2D eigenvalue weighted by atomic mass is 19.1. The predicted octanol–water partition coefficient (Wildman–Crippen LogP) is 3.55. The highest BCUT2D eigenvalue weighted by molar-refractivity contribution is 6.04. The van der Waals surface area contributed by atoms with E-state index >= 15 is 0 Å². The summed E-state index contributed by atoms with van der Waals surface area (Å²) >= 11 is 0. The molecule has 0 spiro atoms. The molecule has 1 amide bonds. The molecule has 3 nitrogen and oxygen atoms in total. The minimum Gasteiger partial charge on any atom is -0.324 e. The number of hydrogen-bond donors (Lipinski definition) is 2. The first-order chi connectivity index (χ1) is 9.88. The lowest BCUT2D eigenvalue weighted by Gasteiger charge is -2.10. The van der Waals surface area contributed by atoms with Gasteiger partial charge in [-0.3, -0.25) is 4.79 Å². The summed E-state index contributed by atoms with van der Waals surface area (Å²) in [4.78, 5) is 12.1. The molecule has 0 bridgehead atoms. The molecule has 1 atom stereocenters. The molecule has 5 heteroatoms. The first kappa shape index (κ1) is 15.1. The Bertz CT molecular complexity index is 684. The van der Waals surface area contributed by atoms with E-state index in [1.807, 2.05) is 13.0 Å². The Labute approximate surface area is 121 Å². The second-order valence-electron chi connectivity index (χ2n) is 4.95.